The summed E-state index contributed by atoms with van der Waals surface area (Å²) in [5.74, 6) is -1.28. The molecule has 2 amide bonds. The molecule has 9 heteroatoms. The highest BCUT2D eigenvalue weighted by Crippen LogP contribution is 2.27. The Bertz CT molecular complexity index is 1400. The van der Waals surface area contributed by atoms with Crippen molar-refractivity contribution in [1.29, 1.82) is 0 Å². The fourth-order valence-electron chi connectivity index (χ4n) is 4.53. The van der Waals surface area contributed by atoms with Crippen LogP contribution in [0, 0.1) is 26.6 Å². The topological polar surface area (TPSA) is 86.8 Å². The summed E-state index contributed by atoms with van der Waals surface area (Å²) >= 11 is 0. The number of nitrogens with zero attached hydrogens (tertiary/aromatic N) is 2. The van der Waals surface area contributed by atoms with Gasteiger partial charge in [-0.2, -0.15) is 0 Å². The van der Waals surface area contributed by atoms with Crippen LogP contribution in [0.25, 0.3) is 0 Å². The van der Waals surface area contributed by atoms with Gasteiger partial charge in [0, 0.05) is 13.1 Å². The van der Waals surface area contributed by atoms with Crippen LogP contribution < -0.4 is 9.62 Å². The molecular formula is C31H38FN3O4S. The molecule has 0 bridgehead atoms. The molecule has 3 aromatic carbocycles. The van der Waals surface area contributed by atoms with Crippen LogP contribution in [-0.2, 0) is 26.2 Å². The van der Waals surface area contributed by atoms with E-state index in [4.69, 9.17) is 0 Å². The second-order valence-electron chi connectivity index (χ2n) is 10.0. The van der Waals surface area contributed by atoms with Crippen molar-refractivity contribution in [2.24, 2.45) is 0 Å². The molecule has 0 fully saturated rings. The van der Waals surface area contributed by atoms with Crippen molar-refractivity contribution in [2.45, 2.75) is 64.9 Å². The largest absolute Gasteiger partial charge is 0.354 e. The van der Waals surface area contributed by atoms with E-state index in [-0.39, 0.29) is 17.3 Å². The third-order valence-corrected chi connectivity index (χ3v) is 8.37. The summed E-state index contributed by atoms with van der Waals surface area (Å²) in [5.41, 5.74) is 3.58. The standard InChI is InChI=1S/C31H38FN3O4S/c1-6-16-33-31(37)29(7-2)34(20-25-10-12-26(32)13-11-25)30(36)21-35(27-18-23(4)17-24(5)19-27)40(38,39)28-14-8-22(3)9-15-28/h8-15,17-19,29H,6-7,16,20-21H2,1-5H3,(H,33,37)/t29-/m0/s1. The molecule has 0 aliphatic heterocycles. The fraction of sp³-hybridized carbons (Fsp3) is 0.355. The molecule has 7 nitrogen and oxygen atoms in total. The first-order valence-electron chi connectivity index (χ1n) is 13.5. The molecule has 0 heterocycles. The van der Waals surface area contributed by atoms with Gasteiger partial charge in [0.1, 0.15) is 18.4 Å². The number of halogens is 1. The number of rotatable bonds is 12. The van der Waals surface area contributed by atoms with Crippen LogP contribution in [0.1, 0.15) is 48.9 Å². The predicted molar refractivity (Wildman–Crippen MR) is 156 cm³/mol. The molecule has 1 N–H and O–H groups in total. The van der Waals surface area contributed by atoms with Crippen LogP contribution in [0.2, 0.25) is 0 Å². The maximum atomic E-state index is 14.0. The first kappa shape index (κ1) is 30.8. The zero-order valence-corrected chi connectivity index (χ0v) is 24.6. The lowest BCUT2D eigenvalue weighted by Crippen LogP contribution is -2.52. The SMILES string of the molecule is CCCNC(=O)[C@H](CC)N(Cc1ccc(F)cc1)C(=O)CN(c1cc(C)cc(C)c1)S(=O)(=O)c1ccc(C)cc1. The maximum Gasteiger partial charge on any atom is 0.264 e. The maximum absolute atomic E-state index is 14.0. The summed E-state index contributed by atoms with van der Waals surface area (Å²) in [7, 11) is -4.14. The van der Waals surface area contributed by atoms with E-state index in [9.17, 15) is 22.4 Å². The summed E-state index contributed by atoms with van der Waals surface area (Å²) in [5, 5.41) is 2.85. The number of sulfonamides is 1. The van der Waals surface area contributed by atoms with Gasteiger partial charge in [0.15, 0.2) is 0 Å². The molecule has 0 radical (unpaired) electrons. The van der Waals surface area contributed by atoms with Gasteiger partial charge in [0.25, 0.3) is 10.0 Å². The molecule has 1 atom stereocenters. The van der Waals surface area contributed by atoms with Crippen LogP contribution >= 0.6 is 0 Å². The van der Waals surface area contributed by atoms with E-state index in [1.165, 1.54) is 29.2 Å². The Morgan fingerprint density at radius 1 is 0.875 bits per heavy atom. The van der Waals surface area contributed by atoms with Gasteiger partial charge in [-0.15, -0.1) is 0 Å². The number of anilines is 1. The van der Waals surface area contributed by atoms with Crippen molar-refractivity contribution in [3.63, 3.8) is 0 Å². The van der Waals surface area contributed by atoms with Crippen LogP contribution in [0.3, 0.4) is 0 Å². The van der Waals surface area contributed by atoms with Crippen molar-refractivity contribution in [3.05, 3.63) is 94.8 Å². The molecule has 3 rings (SSSR count). The molecule has 0 saturated heterocycles. The van der Waals surface area contributed by atoms with Gasteiger partial charge in [-0.05, 0) is 86.7 Å². The van der Waals surface area contributed by atoms with E-state index in [1.54, 1.807) is 43.3 Å². The van der Waals surface area contributed by atoms with E-state index in [0.29, 0.717) is 24.2 Å². The van der Waals surface area contributed by atoms with Crippen molar-refractivity contribution in [1.82, 2.24) is 10.2 Å². The minimum Gasteiger partial charge on any atom is -0.354 e. The average Bonchev–Trinajstić information content (AvgIpc) is 2.91. The lowest BCUT2D eigenvalue weighted by molar-refractivity contribution is -0.140. The number of benzene rings is 3. The van der Waals surface area contributed by atoms with Crippen molar-refractivity contribution in [3.8, 4) is 0 Å². The number of hydrogen-bond acceptors (Lipinski definition) is 4. The van der Waals surface area contributed by atoms with Gasteiger partial charge in [0.2, 0.25) is 11.8 Å². The van der Waals surface area contributed by atoms with Gasteiger partial charge in [-0.1, -0.05) is 49.7 Å². The Balaban J connectivity index is 2.08. The zero-order chi connectivity index (χ0) is 29.4. The Labute approximate surface area is 237 Å². The molecule has 0 aromatic heterocycles. The summed E-state index contributed by atoms with van der Waals surface area (Å²) in [6.45, 7) is 9.27. The quantitative estimate of drug-likeness (QED) is 0.323. The lowest BCUT2D eigenvalue weighted by atomic mass is 10.1. The number of nitrogens with one attached hydrogen (secondary N) is 1. The van der Waals surface area contributed by atoms with Crippen LogP contribution in [-0.4, -0.2) is 44.3 Å². The Morgan fingerprint density at radius 2 is 1.48 bits per heavy atom. The van der Waals surface area contributed by atoms with Gasteiger partial charge in [-0.3, -0.25) is 13.9 Å². The number of aryl methyl sites for hydroxylation is 3. The van der Waals surface area contributed by atoms with Gasteiger partial charge >= 0.3 is 0 Å². The average molecular weight is 568 g/mol. The first-order valence-corrected chi connectivity index (χ1v) is 14.9. The van der Waals surface area contributed by atoms with Crippen molar-refractivity contribution in [2.75, 3.05) is 17.4 Å². The molecule has 0 saturated carbocycles. The molecule has 0 unspecified atom stereocenters. The third kappa shape index (κ3) is 7.69. The summed E-state index contributed by atoms with van der Waals surface area (Å²) in [4.78, 5) is 28.6. The van der Waals surface area contributed by atoms with Gasteiger partial charge in [0.05, 0.1) is 10.6 Å². The van der Waals surface area contributed by atoms with Crippen LogP contribution in [0.15, 0.2) is 71.6 Å². The fourth-order valence-corrected chi connectivity index (χ4v) is 5.93. The predicted octanol–water partition coefficient (Wildman–Crippen LogP) is 5.28. The summed E-state index contributed by atoms with van der Waals surface area (Å²) < 4.78 is 42.6. The Kier molecular flexibility index (Phi) is 10.5. The van der Waals surface area contributed by atoms with Crippen LogP contribution in [0.4, 0.5) is 10.1 Å². The number of hydrogen-bond donors (Lipinski definition) is 1. The lowest BCUT2D eigenvalue weighted by Gasteiger charge is -2.33. The molecule has 0 aliphatic carbocycles. The molecule has 0 aliphatic rings. The number of carbonyl (C=O) groups is 2. The normalized spacial score (nSPS) is 12.1. The van der Waals surface area contributed by atoms with E-state index in [0.717, 1.165) is 27.4 Å². The van der Waals surface area contributed by atoms with Crippen LogP contribution in [0.5, 0.6) is 0 Å². The molecular weight excluding hydrogens is 529 g/mol. The monoisotopic (exact) mass is 567 g/mol. The highest BCUT2D eigenvalue weighted by Gasteiger charge is 2.33. The third-order valence-electron chi connectivity index (χ3n) is 6.58. The smallest absolute Gasteiger partial charge is 0.264 e. The number of carbonyl (C=O) groups excluding carboxylic acids is 2. The molecule has 40 heavy (non-hydrogen) atoms. The Morgan fingerprint density at radius 3 is 2.02 bits per heavy atom. The van der Waals surface area contributed by atoms with E-state index in [1.807, 2.05) is 33.8 Å². The Hall–Kier alpha value is -3.72. The van der Waals surface area contributed by atoms with E-state index < -0.39 is 34.3 Å². The van der Waals surface area contributed by atoms with Gasteiger partial charge in [-0.25, -0.2) is 12.8 Å². The minimum atomic E-state index is -4.14. The van der Waals surface area contributed by atoms with E-state index in [2.05, 4.69) is 5.32 Å². The zero-order valence-electron chi connectivity index (χ0n) is 23.8. The highest BCUT2D eigenvalue weighted by molar-refractivity contribution is 7.92. The first-order chi connectivity index (χ1) is 19.0. The highest BCUT2D eigenvalue weighted by atomic mass is 32.2. The molecule has 3 aromatic rings. The van der Waals surface area contributed by atoms with Gasteiger partial charge < -0.3 is 10.2 Å². The summed E-state index contributed by atoms with van der Waals surface area (Å²) in [6.07, 6.45) is 1.04. The minimum absolute atomic E-state index is 0.0163. The van der Waals surface area contributed by atoms with Crippen molar-refractivity contribution < 1.29 is 22.4 Å². The van der Waals surface area contributed by atoms with Crippen molar-refractivity contribution >= 4 is 27.5 Å². The van der Waals surface area contributed by atoms with E-state index >= 15 is 0 Å². The molecule has 0 spiro atoms. The second kappa shape index (κ2) is 13.6. The second-order valence-corrected chi connectivity index (χ2v) is 11.9. The number of amides is 2. The summed E-state index contributed by atoms with van der Waals surface area (Å²) in [6, 6.07) is 16.7. The molecule has 214 valence electrons.